The van der Waals surface area contributed by atoms with Crippen LogP contribution in [0.4, 0.5) is 13.2 Å². The number of phosphoric ester groups is 1. The molecule has 14 heavy (non-hydrogen) atoms. The van der Waals surface area contributed by atoms with Crippen LogP contribution in [-0.2, 0) is 9.09 Å². The summed E-state index contributed by atoms with van der Waals surface area (Å²) in [6.07, 6.45) is -6.12. The second-order valence-electron chi connectivity index (χ2n) is 2.74. The molecule has 0 aromatic carbocycles. The van der Waals surface area contributed by atoms with E-state index in [1.165, 1.54) is 0 Å². The molecule has 0 aliphatic carbocycles. The van der Waals surface area contributed by atoms with Crippen LogP contribution in [-0.4, -0.2) is 11.8 Å². The number of hydrogen-bond acceptors (Lipinski definition) is 4. The van der Waals surface area contributed by atoms with Gasteiger partial charge in [-0.05, 0) is 12.8 Å². The minimum atomic E-state index is -5.64. The maximum atomic E-state index is 12.4. The highest BCUT2D eigenvalue weighted by molar-refractivity contribution is 7.43. The molecule has 0 saturated carbocycles. The van der Waals surface area contributed by atoms with Crippen molar-refractivity contribution in [3.05, 3.63) is 0 Å². The van der Waals surface area contributed by atoms with Crippen LogP contribution in [0.15, 0.2) is 0 Å². The van der Waals surface area contributed by atoms with E-state index in [1.807, 2.05) is 0 Å². The van der Waals surface area contributed by atoms with Gasteiger partial charge >= 0.3 is 6.18 Å². The van der Waals surface area contributed by atoms with E-state index < -0.39 is 32.4 Å². The van der Waals surface area contributed by atoms with Crippen molar-refractivity contribution >= 4 is 7.82 Å². The molecule has 0 spiro atoms. The third-order valence-corrected chi connectivity index (χ3v) is 2.52. The fourth-order valence-corrected chi connectivity index (χ4v) is 1.84. The van der Waals surface area contributed by atoms with Crippen molar-refractivity contribution in [2.45, 2.75) is 38.5 Å². The minimum Gasteiger partial charge on any atom is -0.790 e. The summed E-state index contributed by atoms with van der Waals surface area (Å²) >= 11 is 0. The highest BCUT2D eigenvalue weighted by Gasteiger charge is 2.54. The summed E-state index contributed by atoms with van der Waals surface area (Å²) in [4.78, 5) is 20.3. The van der Waals surface area contributed by atoms with E-state index in [-0.39, 0.29) is 0 Å². The Kier molecular flexibility index (Phi) is 4.15. The van der Waals surface area contributed by atoms with Gasteiger partial charge in [0.05, 0.1) is 7.82 Å². The molecule has 8 heteroatoms. The zero-order valence-corrected chi connectivity index (χ0v) is 8.52. The van der Waals surface area contributed by atoms with Crippen molar-refractivity contribution in [1.82, 2.24) is 0 Å². The first-order valence-electron chi connectivity index (χ1n) is 3.87. The van der Waals surface area contributed by atoms with Crippen molar-refractivity contribution in [2.24, 2.45) is 0 Å². The molecule has 0 fully saturated rings. The average Bonchev–Trinajstić information content (AvgIpc) is 1.96. The molecule has 0 bridgehead atoms. The van der Waals surface area contributed by atoms with Crippen LogP contribution in [0.1, 0.15) is 26.7 Å². The van der Waals surface area contributed by atoms with E-state index in [2.05, 4.69) is 4.52 Å². The lowest BCUT2D eigenvalue weighted by Gasteiger charge is -2.42. The lowest BCUT2D eigenvalue weighted by molar-refractivity contribution is -0.367. The van der Waals surface area contributed by atoms with Gasteiger partial charge in [0.15, 0.2) is 5.60 Å². The number of halogens is 3. The van der Waals surface area contributed by atoms with Crippen LogP contribution in [0.5, 0.6) is 0 Å². The summed E-state index contributed by atoms with van der Waals surface area (Å²) in [5, 5.41) is 0. The number of phosphoric acid groups is 1. The van der Waals surface area contributed by atoms with Gasteiger partial charge in [0.2, 0.25) is 0 Å². The van der Waals surface area contributed by atoms with E-state index >= 15 is 0 Å². The number of rotatable bonds is 4. The molecular weight excluding hydrogens is 224 g/mol. The van der Waals surface area contributed by atoms with Crippen LogP contribution in [0.2, 0.25) is 0 Å². The normalized spacial score (nSPS) is 14.5. The Morgan fingerprint density at radius 1 is 1.21 bits per heavy atom. The van der Waals surface area contributed by atoms with Gasteiger partial charge < -0.3 is 18.9 Å². The van der Waals surface area contributed by atoms with Gasteiger partial charge in [-0.25, -0.2) is 0 Å². The van der Waals surface area contributed by atoms with E-state index in [1.54, 1.807) is 0 Å². The fraction of sp³-hybridized carbons (Fsp3) is 1.00. The van der Waals surface area contributed by atoms with Gasteiger partial charge in [0.25, 0.3) is 0 Å². The Balaban J connectivity index is 5.01. The molecule has 0 unspecified atom stereocenters. The molecule has 0 aliphatic rings. The highest BCUT2D eigenvalue weighted by atomic mass is 31.2. The van der Waals surface area contributed by atoms with E-state index in [9.17, 15) is 27.5 Å². The van der Waals surface area contributed by atoms with E-state index in [0.29, 0.717) is 0 Å². The summed E-state index contributed by atoms with van der Waals surface area (Å²) < 4.78 is 50.9. The predicted octanol–water partition coefficient (Wildman–Crippen LogP) is 0.953. The third kappa shape index (κ3) is 3.24. The highest BCUT2D eigenvalue weighted by Crippen LogP contribution is 2.46. The van der Waals surface area contributed by atoms with Crippen molar-refractivity contribution in [1.29, 1.82) is 0 Å². The lowest BCUT2D eigenvalue weighted by atomic mass is 9.97. The summed E-state index contributed by atoms with van der Waals surface area (Å²) in [5.41, 5.74) is -2.88. The topological polar surface area (TPSA) is 72.4 Å². The van der Waals surface area contributed by atoms with E-state index in [4.69, 9.17) is 0 Å². The molecule has 4 nitrogen and oxygen atoms in total. The van der Waals surface area contributed by atoms with Crippen LogP contribution in [0.25, 0.3) is 0 Å². The number of hydrogen-bond donors (Lipinski definition) is 0. The van der Waals surface area contributed by atoms with Crippen LogP contribution < -0.4 is 9.79 Å². The Bertz CT molecular complexity index is 230. The molecule has 0 aliphatic heterocycles. The number of alkyl halides is 3. The first kappa shape index (κ1) is 13.9. The smallest absolute Gasteiger partial charge is 0.417 e. The molecule has 0 rings (SSSR count). The maximum Gasteiger partial charge on any atom is 0.417 e. The molecule has 0 radical (unpaired) electrons. The molecule has 0 atom stereocenters. The molecular formula is C6H10F3O4P-2. The second-order valence-corrected chi connectivity index (χ2v) is 3.81. The SMILES string of the molecule is CCC(CC)(OP(=O)([O-])[O-])C(F)(F)F. The lowest BCUT2D eigenvalue weighted by Crippen LogP contribution is -2.47. The van der Waals surface area contributed by atoms with Gasteiger partial charge in [-0.2, -0.15) is 13.2 Å². The minimum absolute atomic E-state index is 0.624. The van der Waals surface area contributed by atoms with Gasteiger partial charge in [0, 0.05) is 0 Å². The molecule has 0 N–H and O–H groups in total. The Labute approximate surface area is 79.3 Å². The predicted molar refractivity (Wildman–Crippen MR) is 38.1 cm³/mol. The Hall–Kier alpha value is -0.100. The van der Waals surface area contributed by atoms with Crippen molar-refractivity contribution < 1.29 is 32.0 Å². The van der Waals surface area contributed by atoms with Gasteiger partial charge in [-0.1, -0.05) is 13.8 Å². The zero-order chi connectivity index (χ0) is 11.6. The zero-order valence-electron chi connectivity index (χ0n) is 7.63. The van der Waals surface area contributed by atoms with Gasteiger partial charge in [-0.3, -0.25) is 0 Å². The monoisotopic (exact) mass is 234 g/mol. The summed E-state index contributed by atoms with van der Waals surface area (Å²) in [6, 6.07) is 0. The largest absolute Gasteiger partial charge is 0.790 e. The van der Waals surface area contributed by atoms with E-state index in [0.717, 1.165) is 13.8 Å². The second kappa shape index (κ2) is 4.18. The van der Waals surface area contributed by atoms with Crippen molar-refractivity contribution in [3.8, 4) is 0 Å². The molecule has 0 saturated heterocycles. The first-order chi connectivity index (χ1) is 6.08. The van der Waals surface area contributed by atoms with Gasteiger partial charge in [-0.15, -0.1) is 0 Å². The standard InChI is InChI=1S/C6H12F3O4P/c1-3-5(4-2,6(7,8)9)13-14(10,11)12/h3-4H2,1-2H3,(H2,10,11,12)/p-2. The van der Waals surface area contributed by atoms with Crippen LogP contribution >= 0.6 is 7.82 Å². The van der Waals surface area contributed by atoms with Crippen molar-refractivity contribution in [2.75, 3.05) is 0 Å². The van der Waals surface area contributed by atoms with Crippen LogP contribution in [0.3, 0.4) is 0 Å². The maximum absolute atomic E-state index is 12.4. The molecule has 0 aromatic rings. The summed E-state index contributed by atoms with van der Waals surface area (Å²) in [6.45, 7) is 2.21. The van der Waals surface area contributed by atoms with Crippen LogP contribution in [0, 0.1) is 0 Å². The average molecular weight is 234 g/mol. The Morgan fingerprint density at radius 2 is 1.57 bits per heavy atom. The third-order valence-electron chi connectivity index (χ3n) is 1.95. The molecule has 0 aromatic heterocycles. The summed E-state index contributed by atoms with van der Waals surface area (Å²) in [7, 11) is -5.64. The Morgan fingerprint density at radius 3 is 1.64 bits per heavy atom. The van der Waals surface area contributed by atoms with Crippen molar-refractivity contribution in [3.63, 3.8) is 0 Å². The molecule has 0 heterocycles. The van der Waals surface area contributed by atoms with Gasteiger partial charge in [0.1, 0.15) is 0 Å². The fourth-order valence-electron chi connectivity index (χ4n) is 1.05. The summed E-state index contributed by atoms with van der Waals surface area (Å²) in [5.74, 6) is 0. The molecule has 0 amide bonds. The first-order valence-corrected chi connectivity index (χ1v) is 5.33. The molecule has 86 valence electrons. The quantitative estimate of drug-likeness (QED) is 0.679.